The van der Waals surface area contributed by atoms with Gasteiger partial charge in [-0.05, 0) is 36.5 Å². The molecule has 0 aliphatic heterocycles. The Labute approximate surface area is 166 Å². The average Bonchev–Trinajstić information content (AvgIpc) is 2.57. The van der Waals surface area contributed by atoms with E-state index in [-0.39, 0.29) is 5.91 Å². The van der Waals surface area contributed by atoms with Gasteiger partial charge in [-0.1, -0.05) is 23.2 Å². The van der Waals surface area contributed by atoms with Crippen molar-refractivity contribution >= 4 is 63.5 Å². The Morgan fingerprint density at radius 1 is 0.923 bits per heavy atom. The minimum absolute atomic E-state index is 0.201. The lowest BCUT2D eigenvalue weighted by Gasteiger charge is -2.16. The van der Waals surface area contributed by atoms with Crippen LogP contribution in [0.5, 0.6) is 11.5 Å². The van der Waals surface area contributed by atoms with E-state index in [1.165, 1.54) is 21.1 Å². The molecule has 0 aromatic heterocycles. The Kier molecular flexibility index (Phi) is 6.90. The van der Waals surface area contributed by atoms with Crippen LogP contribution in [0.1, 0.15) is 6.92 Å². The number of thiocarbonyl (C=S) groups is 1. The third-order valence-electron chi connectivity index (χ3n) is 3.26. The SMILES string of the molecule is COc1cc(OC)c(NC(=S)Nc2ccc(NC(C)=O)c(Cl)c2)cc1Cl. The molecule has 138 valence electrons. The van der Waals surface area contributed by atoms with Gasteiger partial charge in [-0.2, -0.15) is 0 Å². The summed E-state index contributed by atoms with van der Waals surface area (Å²) in [6.45, 7) is 1.41. The van der Waals surface area contributed by atoms with Gasteiger partial charge in [-0.25, -0.2) is 0 Å². The Balaban J connectivity index is 2.13. The number of nitrogens with one attached hydrogen (secondary N) is 3. The molecule has 0 fully saturated rings. The largest absolute Gasteiger partial charge is 0.495 e. The maximum absolute atomic E-state index is 11.1. The van der Waals surface area contributed by atoms with Crippen LogP contribution in [0.2, 0.25) is 10.0 Å². The van der Waals surface area contributed by atoms with Gasteiger partial charge < -0.3 is 25.4 Å². The van der Waals surface area contributed by atoms with Crippen molar-refractivity contribution in [2.75, 3.05) is 30.2 Å². The summed E-state index contributed by atoms with van der Waals surface area (Å²) in [7, 11) is 3.05. The summed E-state index contributed by atoms with van der Waals surface area (Å²) < 4.78 is 10.5. The van der Waals surface area contributed by atoms with Gasteiger partial charge in [0.15, 0.2) is 5.11 Å². The minimum Gasteiger partial charge on any atom is -0.495 e. The quantitative estimate of drug-likeness (QED) is 0.612. The van der Waals surface area contributed by atoms with E-state index in [0.717, 1.165) is 0 Å². The van der Waals surface area contributed by atoms with Crippen LogP contribution in [-0.4, -0.2) is 25.2 Å². The summed E-state index contributed by atoms with van der Waals surface area (Å²) in [6.07, 6.45) is 0. The summed E-state index contributed by atoms with van der Waals surface area (Å²) in [5.74, 6) is 0.816. The molecule has 3 N–H and O–H groups in total. The zero-order valence-corrected chi connectivity index (χ0v) is 16.6. The van der Waals surface area contributed by atoms with E-state index in [2.05, 4.69) is 16.0 Å². The Hall–Kier alpha value is -2.22. The number of carbonyl (C=O) groups is 1. The molecule has 6 nitrogen and oxygen atoms in total. The molecule has 2 rings (SSSR count). The number of methoxy groups -OCH3 is 2. The number of anilines is 3. The fraction of sp³-hybridized carbons (Fsp3) is 0.176. The van der Waals surface area contributed by atoms with Crippen molar-refractivity contribution in [3.05, 3.63) is 40.4 Å². The molecule has 0 unspecified atom stereocenters. The number of rotatable bonds is 5. The second kappa shape index (κ2) is 8.93. The monoisotopic (exact) mass is 413 g/mol. The number of benzene rings is 2. The fourth-order valence-corrected chi connectivity index (χ4v) is 2.82. The molecular weight excluding hydrogens is 397 g/mol. The van der Waals surface area contributed by atoms with E-state index < -0.39 is 0 Å². The lowest BCUT2D eigenvalue weighted by atomic mass is 10.2. The lowest BCUT2D eigenvalue weighted by molar-refractivity contribution is -0.114. The number of hydrogen-bond donors (Lipinski definition) is 3. The zero-order valence-electron chi connectivity index (χ0n) is 14.3. The molecule has 26 heavy (non-hydrogen) atoms. The molecule has 1 amide bonds. The van der Waals surface area contributed by atoms with Crippen LogP contribution in [0.15, 0.2) is 30.3 Å². The first-order chi connectivity index (χ1) is 12.3. The maximum atomic E-state index is 11.1. The molecule has 0 atom stereocenters. The van der Waals surface area contributed by atoms with Crippen LogP contribution in [-0.2, 0) is 4.79 Å². The summed E-state index contributed by atoms with van der Waals surface area (Å²) >= 11 is 17.6. The van der Waals surface area contributed by atoms with Crippen LogP contribution < -0.4 is 25.4 Å². The summed E-state index contributed by atoms with van der Waals surface area (Å²) in [6, 6.07) is 8.38. The normalized spacial score (nSPS) is 10.0. The number of halogens is 2. The number of amides is 1. The molecule has 0 bridgehead atoms. The second-order valence-corrected chi connectivity index (χ2v) is 6.36. The number of carbonyl (C=O) groups excluding carboxylic acids is 1. The first-order valence-electron chi connectivity index (χ1n) is 7.40. The van der Waals surface area contributed by atoms with Crippen molar-refractivity contribution in [2.24, 2.45) is 0 Å². The van der Waals surface area contributed by atoms with Gasteiger partial charge in [0.05, 0.1) is 35.6 Å². The highest BCUT2D eigenvalue weighted by molar-refractivity contribution is 7.80. The highest BCUT2D eigenvalue weighted by Gasteiger charge is 2.12. The molecule has 0 aliphatic rings. The first kappa shape index (κ1) is 20.1. The highest BCUT2D eigenvalue weighted by Crippen LogP contribution is 2.36. The van der Waals surface area contributed by atoms with Crippen molar-refractivity contribution in [3.8, 4) is 11.5 Å². The van der Waals surface area contributed by atoms with Crippen LogP contribution in [0.4, 0.5) is 17.1 Å². The van der Waals surface area contributed by atoms with Crippen LogP contribution in [0.25, 0.3) is 0 Å². The zero-order chi connectivity index (χ0) is 19.3. The van der Waals surface area contributed by atoms with Crippen LogP contribution >= 0.6 is 35.4 Å². The minimum atomic E-state index is -0.201. The van der Waals surface area contributed by atoms with Crippen molar-refractivity contribution < 1.29 is 14.3 Å². The second-order valence-electron chi connectivity index (χ2n) is 5.14. The molecule has 0 radical (unpaired) electrons. The summed E-state index contributed by atoms with van der Waals surface area (Å²) in [5, 5.41) is 9.77. The Morgan fingerprint density at radius 2 is 1.62 bits per heavy atom. The van der Waals surface area contributed by atoms with Crippen molar-refractivity contribution in [1.29, 1.82) is 0 Å². The molecule has 9 heteroatoms. The number of hydrogen-bond acceptors (Lipinski definition) is 4. The van der Waals surface area contributed by atoms with Gasteiger partial charge >= 0.3 is 0 Å². The van der Waals surface area contributed by atoms with E-state index in [0.29, 0.717) is 43.7 Å². The van der Waals surface area contributed by atoms with E-state index >= 15 is 0 Å². The predicted octanol–water partition coefficient (Wildman–Crippen LogP) is 4.78. The van der Waals surface area contributed by atoms with E-state index in [1.54, 1.807) is 30.3 Å². The lowest BCUT2D eigenvalue weighted by Crippen LogP contribution is -2.19. The summed E-state index contributed by atoms with van der Waals surface area (Å²) in [5.41, 5.74) is 1.75. The predicted molar refractivity (Wildman–Crippen MR) is 110 cm³/mol. The van der Waals surface area contributed by atoms with E-state index in [1.807, 2.05) is 0 Å². The Bertz CT molecular complexity index is 846. The van der Waals surface area contributed by atoms with Crippen molar-refractivity contribution in [2.45, 2.75) is 6.92 Å². The van der Waals surface area contributed by atoms with Crippen molar-refractivity contribution in [3.63, 3.8) is 0 Å². The standard InChI is InChI=1S/C17H17Cl2N3O3S/c1-9(23)20-13-5-4-10(6-11(13)18)21-17(26)22-14-7-12(19)15(24-2)8-16(14)25-3/h4-8H,1-3H3,(H,20,23)(H2,21,22,26). The average molecular weight is 414 g/mol. The molecule has 0 spiro atoms. The maximum Gasteiger partial charge on any atom is 0.221 e. The fourth-order valence-electron chi connectivity index (χ4n) is 2.13. The van der Waals surface area contributed by atoms with Gasteiger partial charge in [0.25, 0.3) is 0 Å². The van der Waals surface area contributed by atoms with Gasteiger partial charge in [0, 0.05) is 18.7 Å². The number of ether oxygens (including phenoxy) is 2. The van der Waals surface area contributed by atoms with Gasteiger partial charge in [-0.15, -0.1) is 0 Å². The Morgan fingerprint density at radius 3 is 2.19 bits per heavy atom. The van der Waals surface area contributed by atoms with Crippen molar-refractivity contribution in [1.82, 2.24) is 0 Å². The van der Waals surface area contributed by atoms with Gasteiger partial charge in [0.2, 0.25) is 5.91 Å². The smallest absolute Gasteiger partial charge is 0.221 e. The van der Waals surface area contributed by atoms with Crippen LogP contribution in [0, 0.1) is 0 Å². The van der Waals surface area contributed by atoms with Gasteiger partial charge in [0.1, 0.15) is 11.5 Å². The molecule has 0 aliphatic carbocycles. The topological polar surface area (TPSA) is 71.6 Å². The third-order valence-corrected chi connectivity index (χ3v) is 4.07. The molecule has 0 heterocycles. The third kappa shape index (κ3) is 5.14. The first-order valence-corrected chi connectivity index (χ1v) is 8.57. The van der Waals surface area contributed by atoms with E-state index in [4.69, 9.17) is 44.9 Å². The molecule has 2 aromatic carbocycles. The van der Waals surface area contributed by atoms with Crippen LogP contribution in [0.3, 0.4) is 0 Å². The summed E-state index contributed by atoms with van der Waals surface area (Å²) in [4.78, 5) is 11.1. The highest BCUT2D eigenvalue weighted by atomic mass is 35.5. The molecule has 0 saturated carbocycles. The molecule has 2 aromatic rings. The molecular formula is C17H17Cl2N3O3S. The molecule has 0 saturated heterocycles. The van der Waals surface area contributed by atoms with E-state index in [9.17, 15) is 4.79 Å². The van der Waals surface area contributed by atoms with Gasteiger partial charge in [-0.3, -0.25) is 4.79 Å².